The van der Waals surface area contributed by atoms with Gasteiger partial charge in [-0.1, -0.05) is 84.1 Å². The SMILES string of the molecule is C.C.CC(C)C(NC(=O)OC(C)(C)C)C(=N)N.CC(C)C(NC(=O)OC(C)(C)C)C(=N)N.CC(C)C(NC(=O)OC(C)(C)C)c1nc(O)cc(=O)[nH]1.CCOC(C)(OCC)OCC.CCOC(C)=C(C#N)C(=O)OC.COC(=O)CC#N.COC(=O)CC(=O)OC.COS(=O)(=O)OC.COc1cc(=O)[nH]c(C(NC(=O)OC(C)(C)C)C(C)C)n1.[C-]#[N+]c1c(C)nc(C(NC(=O)OC(C)(C)C)C(C)C)[nH]c1=O. The summed E-state index contributed by atoms with van der Waals surface area (Å²) in [5, 5.41) is 53.5. The van der Waals surface area contributed by atoms with E-state index in [0.29, 0.717) is 49.5 Å². The van der Waals surface area contributed by atoms with Gasteiger partial charge in [0.1, 0.15) is 81.8 Å². The molecule has 15 N–H and O–H groups in total. The molecule has 5 unspecified atom stereocenters. The van der Waals surface area contributed by atoms with Crippen molar-refractivity contribution in [1.29, 1.82) is 21.3 Å². The fourth-order valence-electron chi connectivity index (χ4n) is 9.27. The number of hydrogen-bond donors (Lipinski definition) is 13. The van der Waals surface area contributed by atoms with Crippen LogP contribution in [0.25, 0.3) is 4.85 Å². The highest BCUT2D eigenvalue weighted by Gasteiger charge is 2.31. The van der Waals surface area contributed by atoms with E-state index in [1.165, 1.54) is 41.6 Å². The first-order valence-corrected chi connectivity index (χ1v) is 44.6. The van der Waals surface area contributed by atoms with Gasteiger partial charge >= 0.3 is 64.7 Å². The van der Waals surface area contributed by atoms with E-state index in [1.807, 2.05) is 90.0 Å². The molecule has 3 heterocycles. The summed E-state index contributed by atoms with van der Waals surface area (Å²) >= 11 is 0. The highest BCUT2D eigenvalue weighted by atomic mass is 32.3. The Morgan fingerprint density at radius 2 is 0.809 bits per heavy atom. The minimum atomic E-state index is -3.66. The maximum Gasteiger partial charge on any atom is 0.408 e. The summed E-state index contributed by atoms with van der Waals surface area (Å²) in [5.41, 5.74) is 6.70. The van der Waals surface area contributed by atoms with E-state index in [2.05, 4.69) is 88.6 Å². The molecule has 0 saturated heterocycles. The molecular weight excluding hydrogens is 1870 g/mol. The lowest BCUT2D eigenvalue weighted by molar-refractivity contribution is -0.365. The van der Waals surface area contributed by atoms with Gasteiger partial charge < -0.3 is 124 Å². The summed E-state index contributed by atoms with van der Waals surface area (Å²) < 4.78 is 95.9. The summed E-state index contributed by atoms with van der Waals surface area (Å²) in [6, 6.07) is 3.07. The molecule has 5 atom stereocenters. The number of amides is 5. The molecule has 141 heavy (non-hydrogen) atoms. The first-order chi connectivity index (χ1) is 63.5. The summed E-state index contributed by atoms with van der Waals surface area (Å²) in [6.45, 7) is 67.0. The number of ether oxygens (including phenoxy) is 14. The fourth-order valence-corrected chi connectivity index (χ4v) is 9.40. The van der Waals surface area contributed by atoms with Crippen LogP contribution in [0.1, 0.15) is 284 Å². The molecule has 0 spiro atoms. The predicted octanol–water partition coefficient (Wildman–Crippen LogP) is 12.8. The number of aromatic nitrogens is 6. The van der Waals surface area contributed by atoms with Crippen molar-refractivity contribution in [2.24, 2.45) is 41.1 Å². The minimum absolute atomic E-state index is 0. The molecule has 3 aromatic heterocycles. The number of rotatable bonds is 30. The van der Waals surface area contributed by atoms with E-state index in [4.69, 9.17) is 86.8 Å². The first-order valence-electron chi connectivity index (χ1n) is 43.3. The van der Waals surface area contributed by atoms with Crippen LogP contribution in [0, 0.1) is 76.6 Å². The molecule has 0 aliphatic rings. The van der Waals surface area contributed by atoms with Gasteiger partial charge in [0.25, 0.3) is 28.3 Å². The number of esters is 4. The van der Waals surface area contributed by atoms with Gasteiger partial charge in [-0.05, 0) is 175 Å². The Morgan fingerprint density at radius 3 is 1.03 bits per heavy atom. The topological polar surface area (TPSA) is 705 Å². The molecule has 0 aliphatic carbocycles. The zero-order valence-corrected chi connectivity index (χ0v) is 88.9. The first kappa shape index (κ1) is 146. The fraction of sp³-hybridized carbons (Fsp3) is 0.692. The number of nitrogens with two attached hydrogens (primary N) is 2. The average molecular weight is 2040 g/mol. The van der Waals surface area contributed by atoms with E-state index < -0.39 is 140 Å². The van der Waals surface area contributed by atoms with Gasteiger partial charge in [-0.3, -0.25) is 48.0 Å². The predicted molar refractivity (Wildman–Crippen MR) is 527 cm³/mol. The van der Waals surface area contributed by atoms with Gasteiger partial charge in [0, 0.05) is 26.7 Å². The molecule has 0 radical (unpaired) electrons. The monoisotopic (exact) mass is 2040 g/mol. The third kappa shape index (κ3) is 75.8. The number of carbonyl (C=O) groups is 9. The molecule has 50 heteroatoms. The smallest absolute Gasteiger partial charge is 0.408 e. The molecule has 0 bridgehead atoms. The molecule has 5 amide bonds. The maximum atomic E-state index is 11.9. The second kappa shape index (κ2) is 73.3. The van der Waals surface area contributed by atoms with Crippen LogP contribution in [0.5, 0.6) is 11.8 Å². The average Bonchev–Trinajstić information content (AvgIpc) is 0.815. The van der Waals surface area contributed by atoms with Gasteiger partial charge in [0.05, 0.1) is 117 Å². The Bertz CT molecular complexity index is 4640. The number of allylic oxidation sites excluding steroid dienone is 1. The molecule has 49 nitrogen and oxygen atoms in total. The van der Waals surface area contributed by atoms with Crippen LogP contribution in [-0.2, 0) is 99.5 Å². The molecule has 3 aromatic rings. The summed E-state index contributed by atoms with van der Waals surface area (Å²) in [6.07, 6.45) is -3.31. The second-order valence-electron chi connectivity index (χ2n) is 35.0. The van der Waals surface area contributed by atoms with E-state index in [1.54, 1.807) is 144 Å². The van der Waals surface area contributed by atoms with E-state index in [0.717, 1.165) is 20.3 Å². The second-order valence-corrected chi connectivity index (χ2v) is 36.5. The van der Waals surface area contributed by atoms with Crippen LogP contribution in [-0.4, -0.2) is 232 Å². The minimum Gasteiger partial charge on any atom is -0.497 e. The van der Waals surface area contributed by atoms with Crippen molar-refractivity contribution in [2.45, 2.75) is 313 Å². The number of aryl methyl sites for hydroxylation is 1. The zero-order valence-electron chi connectivity index (χ0n) is 88.1. The number of nitrogens with one attached hydrogen (secondary N) is 10. The van der Waals surface area contributed by atoms with Gasteiger partial charge in [0.2, 0.25) is 11.8 Å². The number of nitriles is 2. The van der Waals surface area contributed by atoms with Crippen LogP contribution in [0.15, 0.2) is 37.8 Å². The number of aromatic hydroxyl groups is 1. The van der Waals surface area contributed by atoms with Gasteiger partial charge in [0.15, 0.2) is 5.57 Å². The summed E-state index contributed by atoms with van der Waals surface area (Å²) in [7, 11) is 4.72. The molecule has 0 aliphatic heterocycles. The molecule has 0 saturated carbocycles. The van der Waals surface area contributed by atoms with Gasteiger partial charge in [-0.2, -0.15) is 28.9 Å². The van der Waals surface area contributed by atoms with Crippen molar-refractivity contribution in [2.75, 3.05) is 76.2 Å². The number of amidine groups is 2. The summed E-state index contributed by atoms with van der Waals surface area (Å²) in [4.78, 5) is 158. The molecule has 810 valence electrons. The third-order valence-electron chi connectivity index (χ3n) is 15.2. The number of H-pyrrole nitrogens is 3. The molecule has 3 rings (SSSR count). The van der Waals surface area contributed by atoms with Crippen molar-refractivity contribution in [3.63, 3.8) is 0 Å². The number of carbonyl (C=O) groups excluding carboxylic acids is 9. The Balaban J connectivity index is -0.000000200. The standard InChI is InChI=1S/C15H22N4O3.C14H23N3O4.C13H21N3O4.2C10H21N3O2.C8H11NO3.C8H18O3.C5H8O4.C4H5NO2.C2H6O4S.2CH4/c1-8(2)10(18-14(21)22-15(4,5)6)12-17-9(3)11(16-7)13(20)19-12;1-8(2)11(17-13(19)21-14(3,4)5)12-15-9(18)7-10(16-12)20-6;1-7(2)10(16-12(19)20-13(3,4)5)11-14-8(17)6-9(18)15-11;2*1-6(2)7(8(11)12)13-9(14)15-10(3,4)5;1-4-12-6(2)7(5-9)8(10)11-3;1-5-9-8(4,10-6-2)11-7-3;1-8-4(6)3-5(7)9-2;1-7-4(6)2-3-5;1-5-7(3,4)6-2;;/h8,10H,1-6H3,(H,18,21)(H,17,19,20);7-8,11H,1-6H3,(H,17,19)(H,15,16,18);6-7,10H,1-5H3,(H,16,19)(H2,14,15,17,18);2*6-7H,1-5H3,(H3,11,12)(H,13,14);4H2,1-3H3;5-7H2,1-4H3;3H2,1-2H3;2H2,1H3;1-2H3;2*1H4. The highest BCUT2D eigenvalue weighted by molar-refractivity contribution is 7.81. The number of hydrogen-bond acceptors (Lipinski definition) is 38. The lowest BCUT2D eigenvalue weighted by Gasteiger charge is -2.27. The van der Waals surface area contributed by atoms with E-state index in [-0.39, 0.29) is 103 Å². The molecule has 0 fully saturated rings. The van der Waals surface area contributed by atoms with Gasteiger partial charge in [-0.25, -0.2) is 38.6 Å². The lowest BCUT2D eigenvalue weighted by atomic mass is 10.0. The summed E-state index contributed by atoms with van der Waals surface area (Å²) in [5.74, 6) is -2.26. The maximum absolute atomic E-state index is 11.9. The zero-order chi connectivity index (χ0) is 110. The number of methoxy groups -OCH3 is 5. The molecule has 0 aromatic carbocycles. The largest absolute Gasteiger partial charge is 0.497 e. The van der Waals surface area contributed by atoms with E-state index >= 15 is 0 Å². The quantitative estimate of drug-likeness (QED) is 0.00282. The third-order valence-corrected chi connectivity index (χ3v) is 16.0. The Morgan fingerprint density at radius 1 is 0.496 bits per heavy atom. The van der Waals surface area contributed by atoms with Gasteiger partial charge in [-0.15, -0.1) is 0 Å². The normalized spacial score (nSPS) is 12.0. The van der Waals surface area contributed by atoms with Crippen LogP contribution >= 0.6 is 0 Å². The Hall–Kier alpha value is -12.8. The van der Waals surface area contributed by atoms with E-state index in [9.17, 15) is 71.1 Å². The van der Waals surface area contributed by atoms with Crippen LogP contribution in [0.4, 0.5) is 29.7 Å². The number of alkyl carbamates (subject to hydrolysis) is 5. The van der Waals surface area contributed by atoms with Crippen molar-refractivity contribution >= 4 is 82.1 Å². The number of aromatic amines is 3. The lowest BCUT2D eigenvalue weighted by Crippen LogP contribution is -2.48. The Kier molecular flexibility index (Phi) is 75.9. The van der Waals surface area contributed by atoms with Crippen molar-refractivity contribution in [3.8, 4) is 23.9 Å². The highest BCUT2D eigenvalue weighted by Crippen LogP contribution is 2.25. The molecular formula is C91H164N18O31S. The van der Waals surface area contributed by atoms with Crippen LogP contribution < -0.4 is 59.5 Å². The van der Waals surface area contributed by atoms with Crippen LogP contribution in [0.2, 0.25) is 0 Å². The van der Waals surface area contributed by atoms with Crippen molar-refractivity contribution < 1.29 is 131 Å². The van der Waals surface area contributed by atoms with Crippen molar-refractivity contribution in [3.05, 3.63) is 89.1 Å². The van der Waals surface area contributed by atoms with Crippen molar-refractivity contribution in [1.82, 2.24) is 56.5 Å². The number of nitrogens with zero attached hydrogens (tertiary/aromatic N) is 6. The van der Waals surface area contributed by atoms with Crippen LogP contribution in [0.3, 0.4) is 0 Å². The Labute approximate surface area is 831 Å².